The maximum atomic E-state index is 5.58. The molecule has 0 saturated carbocycles. The topological polar surface area (TPSA) is 65.6 Å². The van der Waals surface area contributed by atoms with Gasteiger partial charge in [-0.05, 0) is 54.0 Å². The Morgan fingerprint density at radius 3 is 2.42 bits per heavy atom. The molecule has 0 fully saturated rings. The van der Waals surface area contributed by atoms with Crippen molar-refractivity contribution in [1.29, 1.82) is 0 Å². The summed E-state index contributed by atoms with van der Waals surface area (Å²) in [6.07, 6.45) is 0. The van der Waals surface area contributed by atoms with E-state index in [2.05, 4.69) is 39.9 Å². The van der Waals surface area contributed by atoms with Gasteiger partial charge in [-0.15, -0.1) is 0 Å². The van der Waals surface area contributed by atoms with E-state index in [1.807, 2.05) is 60.7 Å². The fourth-order valence-electron chi connectivity index (χ4n) is 3.95. The number of aromatic amines is 1. The van der Waals surface area contributed by atoms with Crippen molar-refractivity contribution < 1.29 is 0 Å². The smallest absolute Gasteiger partial charge is 0.175 e. The molecule has 0 atom stereocenters. The molecule has 0 aliphatic heterocycles. The Hall–Kier alpha value is -4.03. The second kappa shape index (κ2) is 7.04. The lowest BCUT2D eigenvalue weighted by Gasteiger charge is -2.12. The summed E-state index contributed by atoms with van der Waals surface area (Å²) in [6.45, 7) is 0. The van der Waals surface area contributed by atoms with Crippen LogP contribution in [0, 0.1) is 0 Å². The van der Waals surface area contributed by atoms with Crippen molar-refractivity contribution in [2.75, 3.05) is 10.6 Å². The minimum atomic E-state index is 0.534. The molecule has 6 aromatic rings. The second-order valence-electron chi connectivity index (χ2n) is 7.40. The summed E-state index contributed by atoms with van der Waals surface area (Å²) in [5.41, 5.74) is 6.24. The van der Waals surface area contributed by atoms with Crippen molar-refractivity contribution in [1.82, 2.24) is 15.0 Å². The van der Waals surface area contributed by atoms with Crippen LogP contribution < -0.4 is 10.6 Å². The van der Waals surface area contributed by atoms with E-state index in [9.17, 15) is 0 Å². The van der Waals surface area contributed by atoms with Gasteiger partial charge in [0.25, 0.3) is 0 Å². The zero-order valence-corrected chi connectivity index (χ0v) is 17.2. The van der Waals surface area contributed by atoms with Gasteiger partial charge in [0.1, 0.15) is 5.52 Å². The minimum Gasteiger partial charge on any atom is -0.338 e. The van der Waals surface area contributed by atoms with Crippen LogP contribution in [0.25, 0.3) is 43.9 Å². The van der Waals surface area contributed by atoms with Crippen LogP contribution in [0.2, 0.25) is 0 Å². The zero-order chi connectivity index (χ0) is 20.8. The Labute approximate surface area is 183 Å². The van der Waals surface area contributed by atoms with Crippen LogP contribution in [-0.4, -0.2) is 20.1 Å². The molecule has 31 heavy (non-hydrogen) atoms. The van der Waals surface area contributed by atoms with Gasteiger partial charge in [0.05, 0.1) is 11.0 Å². The molecule has 2 aromatic heterocycles. The van der Waals surface area contributed by atoms with Crippen LogP contribution in [0.1, 0.15) is 0 Å². The summed E-state index contributed by atoms with van der Waals surface area (Å²) < 4.78 is 0. The van der Waals surface area contributed by atoms with Gasteiger partial charge in [0.15, 0.2) is 10.8 Å². The van der Waals surface area contributed by atoms with Crippen LogP contribution in [0.3, 0.4) is 0 Å². The first-order valence-electron chi connectivity index (χ1n) is 9.99. The van der Waals surface area contributed by atoms with E-state index in [1.54, 1.807) is 0 Å². The van der Waals surface area contributed by atoms with Crippen molar-refractivity contribution in [3.05, 3.63) is 84.9 Å². The average Bonchev–Trinajstić information content (AvgIpc) is 3.14. The Kier molecular flexibility index (Phi) is 4.04. The van der Waals surface area contributed by atoms with E-state index in [1.165, 1.54) is 5.39 Å². The van der Waals surface area contributed by atoms with Gasteiger partial charge in [-0.25, -0.2) is 9.97 Å². The molecule has 6 rings (SSSR count). The molecule has 0 spiro atoms. The summed E-state index contributed by atoms with van der Waals surface area (Å²) >= 11 is 5.58. The molecule has 0 aliphatic rings. The highest BCUT2D eigenvalue weighted by Gasteiger charge is 2.10. The van der Waals surface area contributed by atoms with E-state index < -0.39 is 0 Å². The molecule has 2 heterocycles. The largest absolute Gasteiger partial charge is 0.338 e. The molecule has 5 nitrogen and oxygen atoms in total. The molecule has 0 saturated heterocycles. The first-order chi connectivity index (χ1) is 15.2. The Morgan fingerprint density at radius 1 is 0.742 bits per heavy atom. The van der Waals surface area contributed by atoms with Crippen molar-refractivity contribution in [3.63, 3.8) is 0 Å². The van der Waals surface area contributed by atoms with Crippen LogP contribution in [0.5, 0.6) is 0 Å². The number of aromatic nitrogens is 3. The quantitative estimate of drug-likeness (QED) is 0.291. The molecule has 0 unspecified atom stereocenters. The Morgan fingerprint density at radius 2 is 1.52 bits per heavy atom. The third-order valence-corrected chi connectivity index (χ3v) is 5.60. The van der Waals surface area contributed by atoms with Crippen LogP contribution in [0.4, 0.5) is 11.4 Å². The fourth-order valence-corrected chi connectivity index (χ4v) is 4.18. The third kappa shape index (κ3) is 3.14. The first-order valence-corrected chi connectivity index (χ1v) is 10.4. The number of para-hydroxylation sites is 2. The van der Waals surface area contributed by atoms with Gasteiger partial charge in [0.2, 0.25) is 0 Å². The maximum absolute atomic E-state index is 5.58. The molecule has 4 aromatic carbocycles. The lowest BCUT2D eigenvalue weighted by molar-refractivity contribution is 1.36. The number of hydrogen-bond acceptors (Lipinski definition) is 3. The minimum absolute atomic E-state index is 0.534. The van der Waals surface area contributed by atoms with Gasteiger partial charge in [-0.2, -0.15) is 0 Å². The first kappa shape index (κ1) is 17.8. The number of anilines is 2. The Balaban J connectivity index is 1.34. The lowest BCUT2D eigenvalue weighted by atomic mass is 10.1. The molecule has 0 amide bonds. The molecular weight excluding hydrogens is 402 g/mol. The maximum Gasteiger partial charge on any atom is 0.175 e. The number of rotatable bonds is 2. The summed E-state index contributed by atoms with van der Waals surface area (Å²) in [6, 6.07) is 28.3. The van der Waals surface area contributed by atoms with Crippen LogP contribution in [-0.2, 0) is 0 Å². The van der Waals surface area contributed by atoms with Gasteiger partial charge >= 0.3 is 0 Å². The highest BCUT2D eigenvalue weighted by molar-refractivity contribution is 7.80. The summed E-state index contributed by atoms with van der Waals surface area (Å²) in [4.78, 5) is 12.9. The number of nitrogens with zero attached hydrogens (tertiary/aromatic N) is 2. The van der Waals surface area contributed by atoms with E-state index in [-0.39, 0.29) is 0 Å². The monoisotopic (exact) mass is 419 g/mol. The molecule has 0 bridgehead atoms. The van der Waals surface area contributed by atoms with Crippen molar-refractivity contribution in [3.8, 4) is 0 Å². The van der Waals surface area contributed by atoms with E-state index in [0.29, 0.717) is 5.11 Å². The predicted molar refractivity (Wildman–Crippen MR) is 133 cm³/mol. The average molecular weight is 420 g/mol. The van der Waals surface area contributed by atoms with Crippen molar-refractivity contribution in [2.24, 2.45) is 0 Å². The molecular formula is C25H17N5S. The zero-order valence-electron chi connectivity index (χ0n) is 16.4. The van der Waals surface area contributed by atoms with E-state index in [4.69, 9.17) is 22.2 Å². The molecule has 3 N–H and O–H groups in total. The number of hydrogen-bond donors (Lipinski definition) is 3. The van der Waals surface area contributed by atoms with Crippen molar-refractivity contribution in [2.45, 2.75) is 0 Å². The SMILES string of the molecule is S=C(Nc1ccc2[nH]c3nc4ccccc4nc3c2c1)Nc1cccc2ccccc12. The predicted octanol–water partition coefficient (Wildman–Crippen LogP) is 6.23. The van der Waals surface area contributed by atoms with Gasteiger partial charge < -0.3 is 15.6 Å². The number of nitrogens with one attached hydrogen (secondary N) is 3. The number of fused-ring (bicyclic) bond motifs is 5. The summed E-state index contributed by atoms with van der Waals surface area (Å²) in [5, 5.41) is 10.5. The fraction of sp³-hybridized carbons (Fsp3) is 0. The van der Waals surface area contributed by atoms with Crippen LogP contribution in [0.15, 0.2) is 84.9 Å². The summed E-state index contributed by atoms with van der Waals surface area (Å²) in [7, 11) is 0. The Bertz CT molecular complexity index is 1610. The number of H-pyrrole nitrogens is 1. The van der Waals surface area contributed by atoms with E-state index >= 15 is 0 Å². The normalized spacial score (nSPS) is 11.4. The highest BCUT2D eigenvalue weighted by Crippen LogP contribution is 2.28. The van der Waals surface area contributed by atoms with E-state index in [0.717, 1.165) is 49.9 Å². The van der Waals surface area contributed by atoms with Gasteiger partial charge in [-0.1, -0.05) is 48.5 Å². The number of benzene rings is 4. The van der Waals surface area contributed by atoms with Gasteiger partial charge in [-0.3, -0.25) is 0 Å². The second-order valence-corrected chi connectivity index (χ2v) is 7.81. The van der Waals surface area contributed by atoms with Crippen molar-refractivity contribution >= 4 is 72.6 Å². The highest BCUT2D eigenvalue weighted by atomic mass is 32.1. The third-order valence-electron chi connectivity index (χ3n) is 5.39. The summed E-state index contributed by atoms with van der Waals surface area (Å²) in [5.74, 6) is 0. The molecule has 148 valence electrons. The lowest BCUT2D eigenvalue weighted by Crippen LogP contribution is -2.19. The molecule has 6 heteroatoms. The van der Waals surface area contributed by atoms with Crippen LogP contribution >= 0.6 is 12.2 Å². The standard InChI is InChI=1S/C25H17N5S/c31-25(30-19-11-5-7-15-6-1-2-8-17(15)19)26-16-12-13-20-18(14-16)23-24(28-20)29-22-10-4-3-9-21(22)27-23/h1-14H,(H,28,29)(H2,26,30,31). The number of thiocarbonyl (C=S) groups is 1. The molecule has 0 aliphatic carbocycles. The molecule has 0 radical (unpaired) electrons. The van der Waals surface area contributed by atoms with Gasteiger partial charge in [0, 0.05) is 27.7 Å².